The number of rotatable bonds is 3. The van der Waals surface area contributed by atoms with Crippen molar-refractivity contribution in [2.75, 3.05) is 18.0 Å². The molecule has 2 aromatic carbocycles. The van der Waals surface area contributed by atoms with E-state index in [1.54, 1.807) is 12.1 Å². The van der Waals surface area contributed by atoms with Crippen molar-refractivity contribution in [3.05, 3.63) is 59.9 Å². The zero-order valence-corrected chi connectivity index (χ0v) is 14.3. The Kier molecular flexibility index (Phi) is 3.31. The van der Waals surface area contributed by atoms with Crippen LogP contribution in [0.1, 0.15) is 12.0 Å². The van der Waals surface area contributed by atoms with Crippen LogP contribution in [0.25, 0.3) is 11.0 Å². The van der Waals surface area contributed by atoms with Gasteiger partial charge in [0, 0.05) is 44.3 Å². The molecule has 3 aliphatic rings. The van der Waals surface area contributed by atoms with E-state index in [4.69, 9.17) is 4.98 Å². The number of benzene rings is 2. The summed E-state index contributed by atoms with van der Waals surface area (Å²) < 4.78 is 16.1. The van der Waals surface area contributed by atoms with E-state index in [9.17, 15) is 4.39 Å². The minimum Gasteiger partial charge on any atom is -0.339 e. The van der Waals surface area contributed by atoms with Crippen molar-refractivity contribution in [2.45, 2.75) is 25.0 Å². The number of piperidine rings is 1. The summed E-state index contributed by atoms with van der Waals surface area (Å²) in [4.78, 5) is 9.65. The SMILES string of the molecule is Cn1c(N2CC3CC(C2)N3Cc2ccccc2F)nc2ccccc21. The molecular formula is C20H21FN4. The summed E-state index contributed by atoms with van der Waals surface area (Å²) >= 11 is 0. The molecule has 3 aliphatic heterocycles. The summed E-state index contributed by atoms with van der Waals surface area (Å²) in [5, 5.41) is 0. The Morgan fingerprint density at radius 2 is 1.76 bits per heavy atom. The molecule has 4 heterocycles. The Hall–Kier alpha value is -2.40. The molecule has 0 spiro atoms. The van der Waals surface area contributed by atoms with E-state index in [-0.39, 0.29) is 5.82 Å². The molecule has 128 valence electrons. The fraction of sp³-hybridized carbons (Fsp3) is 0.350. The fourth-order valence-corrected chi connectivity index (χ4v) is 4.35. The molecule has 2 bridgehead atoms. The zero-order chi connectivity index (χ0) is 17.0. The van der Waals surface area contributed by atoms with Crippen LogP contribution in [0.15, 0.2) is 48.5 Å². The van der Waals surface area contributed by atoms with Gasteiger partial charge in [0.2, 0.25) is 5.95 Å². The van der Waals surface area contributed by atoms with Crippen LogP contribution >= 0.6 is 0 Å². The Labute approximate surface area is 146 Å². The molecule has 4 nitrogen and oxygen atoms in total. The van der Waals surface area contributed by atoms with Crippen LogP contribution in [0, 0.1) is 5.82 Å². The highest BCUT2D eigenvalue weighted by Gasteiger charge is 2.45. The lowest BCUT2D eigenvalue weighted by Crippen LogP contribution is -2.68. The van der Waals surface area contributed by atoms with Crippen LogP contribution in [0.4, 0.5) is 10.3 Å². The quantitative estimate of drug-likeness (QED) is 0.734. The summed E-state index contributed by atoms with van der Waals surface area (Å²) in [6, 6.07) is 16.3. The number of anilines is 1. The van der Waals surface area contributed by atoms with Crippen molar-refractivity contribution in [2.24, 2.45) is 7.05 Å². The molecule has 0 aliphatic carbocycles. The summed E-state index contributed by atoms with van der Waals surface area (Å²) in [5.41, 5.74) is 3.01. The van der Waals surface area contributed by atoms with Gasteiger partial charge in [-0.25, -0.2) is 9.37 Å². The number of fused-ring (bicyclic) bond motifs is 3. The van der Waals surface area contributed by atoms with E-state index >= 15 is 0 Å². The second-order valence-electron chi connectivity index (χ2n) is 7.17. The maximum atomic E-state index is 13.9. The van der Waals surface area contributed by atoms with Crippen molar-refractivity contribution >= 4 is 17.0 Å². The lowest BCUT2D eigenvalue weighted by Gasteiger charge is -2.56. The van der Waals surface area contributed by atoms with Crippen LogP contribution in [0.5, 0.6) is 0 Å². The second kappa shape index (κ2) is 5.56. The van der Waals surface area contributed by atoms with Gasteiger partial charge in [-0.1, -0.05) is 30.3 Å². The van der Waals surface area contributed by atoms with E-state index in [0.29, 0.717) is 18.6 Å². The zero-order valence-electron chi connectivity index (χ0n) is 14.3. The number of imidazole rings is 1. The highest BCUT2D eigenvalue weighted by Crippen LogP contribution is 2.36. The van der Waals surface area contributed by atoms with Crippen molar-refractivity contribution in [1.82, 2.24) is 14.5 Å². The lowest BCUT2D eigenvalue weighted by molar-refractivity contribution is -0.00985. The number of halogens is 1. The first-order valence-electron chi connectivity index (χ1n) is 8.86. The maximum Gasteiger partial charge on any atom is 0.206 e. The third-order valence-electron chi connectivity index (χ3n) is 5.70. The predicted octanol–water partition coefficient (Wildman–Crippen LogP) is 3.18. The largest absolute Gasteiger partial charge is 0.339 e. The number of hydrogen-bond acceptors (Lipinski definition) is 3. The van der Waals surface area contributed by atoms with Crippen LogP contribution in [0.3, 0.4) is 0 Å². The maximum absolute atomic E-state index is 13.9. The average molecular weight is 336 g/mol. The minimum atomic E-state index is -0.0975. The fourth-order valence-electron chi connectivity index (χ4n) is 4.35. The first-order chi connectivity index (χ1) is 12.2. The van der Waals surface area contributed by atoms with Gasteiger partial charge in [-0.2, -0.15) is 0 Å². The number of para-hydroxylation sites is 2. The van der Waals surface area contributed by atoms with Gasteiger partial charge >= 0.3 is 0 Å². The molecule has 3 aromatic rings. The van der Waals surface area contributed by atoms with Gasteiger partial charge in [0.15, 0.2) is 0 Å². The Bertz CT molecular complexity index is 922. The molecule has 0 radical (unpaired) electrons. The highest BCUT2D eigenvalue weighted by molar-refractivity contribution is 5.78. The Balaban J connectivity index is 1.36. The highest BCUT2D eigenvalue weighted by atomic mass is 19.1. The van der Waals surface area contributed by atoms with E-state index in [1.165, 1.54) is 11.9 Å². The Morgan fingerprint density at radius 3 is 2.52 bits per heavy atom. The topological polar surface area (TPSA) is 24.3 Å². The van der Waals surface area contributed by atoms with Gasteiger partial charge < -0.3 is 9.47 Å². The van der Waals surface area contributed by atoms with Gasteiger partial charge in [-0.15, -0.1) is 0 Å². The molecule has 2 unspecified atom stereocenters. The van der Waals surface area contributed by atoms with Gasteiger partial charge in [0.25, 0.3) is 0 Å². The van der Waals surface area contributed by atoms with Gasteiger partial charge in [0.1, 0.15) is 5.82 Å². The van der Waals surface area contributed by atoms with Crippen LogP contribution in [0.2, 0.25) is 0 Å². The van der Waals surface area contributed by atoms with Crippen LogP contribution < -0.4 is 4.90 Å². The first-order valence-corrected chi connectivity index (χ1v) is 8.86. The lowest BCUT2D eigenvalue weighted by atomic mass is 9.87. The summed E-state index contributed by atoms with van der Waals surface area (Å²) in [5.74, 6) is 0.945. The number of aryl methyl sites for hydroxylation is 1. The second-order valence-corrected chi connectivity index (χ2v) is 7.17. The minimum absolute atomic E-state index is 0.0975. The van der Waals surface area contributed by atoms with E-state index in [0.717, 1.165) is 30.1 Å². The standard InChI is InChI=1S/C20H21FN4/c1-23-19-9-5-4-8-18(19)22-20(23)24-12-15-10-16(13-24)25(15)11-14-6-2-3-7-17(14)21/h2-9,15-16H,10-13H2,1H3. The number of nitrogens with zero attached hydrogens (tertiary/aromatic N) is 4. The molecular weight excluding hydrogens is 315 g/mol. The van der Waals surface area contributed by atoms with Crippen LogP contribution in [-0.2, 0) is 13.6 Å². The molecule has 3 saturated heterocycles. The van der Waals surface area contributed by atoms with E-state index < -0.39 is 0 Å². The molecule has 0 amide bonds. The van der Waals surface area contributed by atoms with Gasteiger partial charge in [-0.3, -0.25) is 4.90 Å². The van der Waals surface area contributed by atoms with Gasteiger partial charge in [-0.05, 0) is 24.6 Å². The van der Waals surface area contributed by atoms with Crippen molar-refractivity contribution in [1.29, 1.82) is 0 Å². The third-order valence-corrected chi connectivity index (χ3v) is 5.70. The normalized spacial score (nSPS) is 23.0. The molecule has 25 heavy (non-hydrogen) atoms. The number of hydrogen-bond donors (Lipinski definition) is 0. The molecule has 5 heteroatoms. The monoisotopic (exact) mass is 336 g/mol. The number of aromatic nitrogens is 2. The molecule has 1 aromatic heterocycles. The molecule has 2 atom stereocenters. The first kappa shape index (κ1) is 14.9. The molecule has 0 N–H and O–H groups in total. The van der Waals surface area contributed by atoms with Gasteiger partial charge in [0.05, 0.1) is 11.0 Å². The molecule has 6 rings (SSSR count). The third kappa shape index (κ3) is 2.34. The summed E-state index contributed by atoms with van der Waals surface area (Å²) in [6.07, 6.45) is 1.20. The van der Waals surface area contributed by atoms with Crippen molar-refractivity contribution in [3.8, 4) is 0 Å². The van der Waals surface area contributed by atoms with E-state index in [2.05, 4.69) is 39.6 Å². The van der Waals surface area contributed by atoms with Crippen LogP contribution in [-0.4, -0.2) is 39.6 Å². The number of piperazine rings is 1. The predicted molar refractivity (Wildman–Crippen MR) is 97.1 cm³/mol. The van der Waals surface area contributed by atoms with Crippen molar-refractivity contribution < 1.29 is 4.39 Å². The Morgan fingerprint density at radius 1 is 1.04 bits per heavy atom. The molecule has 0 saturated carbocycles. The van der Waals surface area contributed by atoms with E-state index in [1.807, 2.05) is 18.2 Å². The summed E-state index contributed by atoms with van der Waals surface area (Å²) in [7, 11) is 2.09. The van der Waals surface area contributed by atoms with Crippen molar-refractivity contribution in [3.63, 3.8) is 0 Å². The molecule has 3 fully saturated rings. The summed E-state index contributed by atoms with van der Waals surface area (Å²) in [6.45, 7) is 2.63. The smallest absolute Gasteiger partial charge is 0.206 e. The average Bonchev–Trinajstić information content (AvgIpc) is 2.98.